The lowest BCUT2D eigenvalue weighted by molar-refractivity contribution is 0.389. The molecular formula is C7H10Cl4. The fourth-order valence-electron chi connectivity index (χ4n) is 1.40. The molecule has 0 amide bonds. The minimum absolute atomic E-state index is 0.0374. The van der Waals surface area contributed by atoms with Crippen LogP contribution in [-0.2, 0) is 0 Å². The molecule has 0 aromatic carbocycles. The summed E-state index contributed by atoms with van der Waals surface area (Å²) in [5, 5.41) is -0.0270. The van der Waals surface area contributed by atoms with E-state index in [0.717, 1.165) is 19.3 Å². The second-order valence-corrected chi connectivity index (χ2v) is 5.12. The highest BCUT2D eigenvalue weighted by atomic mass is 35.5. The van der Waals surface area contributed by atoms with Gasteiger partial charge in [0.05, 0.1) is 10.8 Å². The Hall–Kier alpha value is 1.16. The summed E-state index contributed by atoms with van der Waals surface area (Å²) in [4.78, 5) is -0.376. The van der Waals surface area contributed by atoms with Crippen LogP contribution in [0.4, 0.5) is 0 Å². The summed E-state index contributed by atoms with van der Waals surface area (Å²) in [5.41, 5.74) is 0. The summed E-state index contributed by atoms with van der Waals surface area (Å²) in [7, 11) is 0. The Morgan fingerprint density at radius 1 is 1.09 bits per heavy atom. The summed E-state index contributed by atoms with van der Waals surface area (Å²) in [5.74, 6) is 0.163. The molecule has 0 N–H and O–H groups in total. The van der Waals surface area contributed by atoms with Crippen LogP contribution in [-0.4, -0.2) is 15.6 Å². The van der Waals surface area contributed by atoms with Gasteiger partial charge in [-0.2, -0.15) is 0 Å². The molecule has 1 fully saturated rings. The molecule has 0 aromatic heterocycles. The van der Waals surface area contributed by atoms with Crippen molar-refractivity contribution in [2.75, 3.05) is 0 Å². The molecule has 1 saturated carbocycles. The minimum atomic E-state index is -0.376. The maximum Gasteiger partial charge on any atom is 0.112 e. The van der Waals surface area contributed by atoms with Crippen molar-refractivity contribution < 1.29 is 0 Å². The number of halogens is 4. The van der Waals surface area contributed by atoms with Gasteiger partial charge in [0, 0.05) is 5.92 Å². The molecule has 3 unspecified atom stereocenters. The van der Waals surface area contributed by atoms with Crippen LogP contribution in [0.5, 0.6) is 0 Å². The van der Waals surface area contributed by atoms with Gasteiger partial charge in [-0.3, -0.25) is 0 Å². The van der Waals surface area contributed by atoms with E-state index in [9.17, 15) is 0 Å². The normalized spacial score (nSPS) is 39.5. The largest absolute Gasteiger partial charge is 0.121 e. The topological polar surface area (TPSA) is 0 Å². The van der Waals surface area contributed by atoms with Gasteiger partial charge in [0.1, 0.15) is 4.84 Å². The van der Waals surface area contributed by atoms with Crippen LogP contribution in [0.2, 0.25) is 0 Å². The predicted octanol–water partition coefficient (Wildman–Crippen LogP) is 3.81. The number of rotatable bonds is 1. The molecule has 0 radical (unpaired) electrons. The van der Waals surface area contributed by atoms with Crippen molar-refractivity contribution in [2.45, 2.75) is 34.9 Å². The van der Waals surface area contributed by atoms with E-state index in [1.165, 1.54) is 0 Å². The van der Waals surface area contributed by atoms with Crippen LogP contribution < -0.4 is 0 Å². The molecular weight excluding hydrogens is 226 g/mol. The lowest BCUT2D eigenvalue weighted by atomic mass is 9.90. The van der Waals surface area contributed by atoms with E-state index in [1.807, 2.05) is 0 Å². The van der Waals surface area contributed by atoms with Crippen LogP contribution in [0.3, 0.4) is 0 Å². The van der Waals surface area contributed by atoms with Gasteiger partial charge in [0.2, 0.25) is 0 Å². The number of hydrogen-bond acceptors (Lipinski definition) is 0. The first-order valence-corrected chi connectivity index (χ1v) is 5.44. The molecule has 0 saturated heterocycles. The number of hydrogen-bond donors (Lipinski definition) is 0. The Balaban J connectivity index is 2.51. The summed E-state index contributed by atoms with van der Waals surface area (Å²) in [6.07, 6.45) is 3.06. The SMILES string of the molecule is ClC(Cl)C1CCCC(Cl)C1Cl. The Morgan fingerprint density at radius 2 is 1.73 bits per heavy atom. The maximum absolute atomic E-state index is 6.03. The fourth-order valence-corrected chi connectivity index (χ4v) is 2.85. The van der Waals surface area contributed by atoms with Crippen molar-refractivity contribution in [1.82, 2.24) is 0 Å². The van der Waals surface area contributed by atoms with Crippen LogP contribution in [0.15, 0.2) is 0 Å². The third kappa shape index (κ3) is 2.55. The molecule has 1 rings (SSSR count). The molecule has 0 heterocycles. The van der Waals surface area contributed by atoms with E-state index in [0.29, 0.717) is 0 Å². The van der Waals surface area contributed by atoms with E-state index >= 15 is 0 Å². The van der Waals surface area contributed by atoms with Gasteiger partial charge in [-0.1, -0.05) is 6.42 Å². The molecule has 0 aromatic rings. The lowest BCUT2D eigenvalue weighted by Gasteiger charge is -2.31. The van der Waals surface area contributed by atoms with E-state index in [-0.39, 0.29) is 21.5 Å². The first-order chi connectivity index (χ1) is 5.13. The molecule has 1 aliphatic rings. The number of alkyl halides is 4. The average Bonchev–Trinajstić information content (AvgIpc) is 1.94. The van der Waals surface area contributed by atoms with Gasteiger partial charge in [0.25, 0.3) is 0 Å². The van der Waals surface area contributed by atoms with Crippen LogP contribution in [0.25, 0.3) is 0 Å². The fraction of sp³-hybridized carbons (Fsp3) is 1.00. The van der Waals surface area contributed by atoms with Crippen LogP contribution in [0.1, 0.15) is 19.3 Å². The van der Waals surface area contributed by atoms with Crippen molar-refractivity contribution in [3.05, 3.63) is 0 Å². The highest BCUT2D eigenvalue weighted by molar-refractivity contribution is 6.45. The molecule has 3 atom stereocenters. The van der Waals surface area contributed by atoms with Crippen molar-refractivity contribution in [1.29, 1.82) is 0 Å². The molecule has 66 valence electrons. The minimum Gasteiger partial charge on any atom is -0.121 e. The molecule has 11 heavy (non-hydrogen) atoms. The van der Waals surface area contributed by atoms with Crippen LogP contribution in [0, 0.1) is 5.92 Å². The lowest BCUT2D eigenvalue weighted by Crippen LogP contribution is -2.33. The molecule has 0 bridgehead atoms. The third-order valence-electron chi connectivity index (χ3n) is 2.10. The van der Waals surface area contributed by atoms with Crippen LogP contribution >= 0.6 is 46.4 Å². The highest BCUT2D eigenvalue weighted by Crippen LogP contribution is 2.37. The summed E-state index contributed by atoms with van der Waals surface area (Å²) in [6.45, 7) is 0. The standard InChI is InChI=1S/C7H10Cl4/c8-5-3-1-2-4(6(5)9)7(10)11/h4-7H,1-3H2. The first kappa shape index (κ1) is 10.2. The van der Waals surface area contributed by atoms with Gasteiger partial charge >= 0.3 is 0 Å². The van der Waals surface area contributed by atoms with Gasteiger partial charge in [-0.05, 0) is 12.8 Å². The third-order valence-corrected chi connectivity index (χ3v) is 3.99. The zero-order chi connectivity index (χ0) is 8.43. The molecule has 0 spiro atoms. The zero-order valence-electron chi connectivity index (χ0n) is 5.94. The molecule has 4 heteroatoms. The summed E-state index contributed by atoms with van der Waals surface area (Å²) < 4.78 is 0. The molecule has 1 aliphatic carbocycles. The van der Waals surface area contributed by atoms with Gasteiger partial charge in [-0.25, -0.2) is 0 Å². The quantitative estimate of drug-likeness (QED) is 0.607. The van der Waals surface area contributed by atoms with Gasteiger partial charge in [0.15, 0.2) is 0 Å². The maximum atomic E-state index is 6.03. The van der Waals surface area contributed by atoms with Gasteiger partial charge < -0.3 is 0 Å². The average molecular weight is 236 g/mol. The van der Waals surface area contributed by atoms with E-state index < -0.39 is 0 Å². The second kappa shape index (κ2) is 4.41. The molecule has 0 aliphatic heterocycles. The Labute approximate surface area is 87.1 Å². The molecule has 0 nitrogen and oxygen atoms in total. The van der Waals surface area contributed by atoms with E-state index in [2.05, 4.69) is 0 Å². The van der Waals surface area contributed by atoms with Crippen molar-refractivity contribution in [3.8, 4) is 0 Å². The van der Waals surface area contributed by atoms with Crippen molar-refractivity contribution in [2.24, 2.45) is 5.92 Å². The van der Waals surface area contributed by atoms with Crippen molar-refractivity contribution in [3.63, 3.8) is 0 Å². The second-order valence-electron chi connectivity index (χ2n) is 2.89. The summed E-state index contributed by atoms with van der Waals surface area (Å²) >= 11 is 23.5. The van der Waals surface area contributed by atoms with Gasteiger partial charge in [-0.15, -0.1) is 46.4 Å². The smallest absolute Gasteiger partial charge is 0.112 e. The Kier molecular flexibility index (Phi) is 4.11. The summed E-state index contributed by atoms with van der Waals surface area (Å²) in [6, 6.07) is 0. The Bertz CT molecular complexity index is 126. The first-order valence-electron chi connectivity index (χ1n) is 3.69. The highest BCUT2D eigenvalue weighted by Gasteiger charge is 2.34. The monoisotopic (exact) mass is 234 g/mol. The van der Waals surface area contributed by atoms with E-state index in [1.54, 1.807) is 0 Å². The Morgan fingerprint density at radius 3 is 2.18 bits per heavy atom. The van der Waals surface area contributed by atoms with E-state index in [4.69, 9.17) is 46.4 Å². The van der Waals surface area contributed by atoms with Crippen molar-refractivity contribution >= 4 is 46.4 Å². The zero-order valence-corrected chi connectivity index (χ0v) is 8.97. The predicted molar refractivity (Wildman–Crippen MR) is 52.1 cm³/mol.